The van der Waals surface area contributed by atoms with Crippen LogP contribution in [0.2, 0.25) is 0 Å². The average Bonchev–Trinajstić information content (AvgIpc) is 2.22. The summed E-state index contributed by atoms with van der Waals surface area (Å²) in [5.41, 5.74) is 0. The fourth-order valence-corrected chi connectivity index (χ4v) is 5.02. The summed E-state index contributed by atoms with van der Waals surface area (Å²) in [5.74, 6) is -0.357. The van der Waals surface area contributed by atoms with E-state index in [1.807, 2.05) is 0 Å². The second-order valence-electron chi connectivity index (χ2n) is 3.28. The fraction of sp³-hybridized carbons (Fsp3) is 0.714. The Morgan fingerprint density at radius 1 is 1.15 bits per heavy atom. The largest absolute Gasteiger partial charge is 0.151 e. The third kappa shape index (κ3) is 1.14. The molecule has 2 aliphatic rings. The van der Waals surface area contributed by atoms with Crippen LogP contribution in [0.15, 0.2) is 10.1 Å². The minimum atomic E-state index is -1.19. The van der Waals surface area contributed by atoms with Gasteiger partial charge in [0.2, 0.25) is 0 Å². The van der Waals surface area contributed by atoms with Gasteiger partial charge in [0.1, 0.15) is 4.87 Å². The van der Waals surface area contributed by atoms with Crippen molar-refractivity contribution in [3.63, 3.8) is 0 Å². The standard InChI is InChI=1S/C7H4Cl6/c8-2-1-6(11)5(10)4(9)3(2)7(6,12)13/h2-3H,1H2/t2-,3+,6-/m0/s1. The molecule has 0 radical (unpaired) electrons. The molecule has 0 saturated heterocycles. The molecule has 1 fully saturated rings. The van der Waals surface area contributed by atoms with Gasteiger partial charge in [-0.3, -0.25) is 0 Å². The number of rotatable bonds is 0. The van der Waals surface area contributed by atoms with Crippen molar-refractivity contribution in [1.29, 1.82) is 0 Å². The highest BCUT2D eigenvalue weighted by Crippen LogP contribution is 2.68. The molecular weight excluding hydrogens is 297 g/mol. The van der Waals surface area contributed by atoms with Gasteiger partial charge in [0.25, 0.3) is 0 Å². The van der Waals surface area contributed by atoms with Crippen LogP contribution in [-0.2, 0) is 0 Å². The van der Waals surface area contributed by atoms with Crippen molar-refractivity contribution in [1.82, 2.24) is 0 Å². The lowest BCUT2D eigenvalue weighted by Gasteiger charge is -2.27. The maximum Gasteiger partial charge on any atom is 0.151 e. The number of alkyl halides is 4. The van der Waals surface area contributed by atoms with Crippen molar-refractivity contribution >= 4 is 69.6 Å². The second kappa shape index (κ2) is 2.99. The van der Waals surface area contributed by atoms with Gasteiger partial charge in [0, 0.05) is 16.3 Å². The molecule has 74 valence electrons. The van der Waals surface area contributed by atoms with E-state index >= 15 is 0 Å². The zero-order chi connectivity index (χ0) is 10.0. The molecule has 0 amide bonds. The second-order valence-corrected chi connectivity index (χ2v) is 6.66. The van der Waals surface area contributed by atoms with Crippen LogP contribution in [0.4, 0.5) is 0 Å². The molecule has 2 bridgehead atoms. The summed E-state index contributed by atoms with van der Waals surface area (Å²) in [6.07, 6.45) is 0.447. The summed E-state index contributed by atoms with van der Waals surface area (Å²) in [7, 11) is 0. The molecule has 0 N–H and O–H groups in total. The van der Waals surface area contributed by atoms with Crippen LogP contribution in [0.3, 0.4) is 0 Å². The Kier molecular flexibility index (Phi) is 2.53. The molecular formula is C7H4Cl6. The average molecular weight is 301 g/mol. The van der Waals surface area contributed by atoms with E-state index in [-0.39, 0.29) is 11.3 Å². The Labute approximate surface area is 106 Å². The lowest BCUT2D eigenvalue weighted by molar-refractivity contribution is 0.652. The van der Waals surface area contributed by atoms with Gasteiger partial charge in [-0.1, -0.05) is 46.4 Å². The summed E-state index contributed by atoms with van der Waals surface area (Å²) in [6, 6.07) is 0. The van der Waals surface area contributed by atoms with Crippen LogP contribution in [0.1, 0.15) is 6.42 Å². The molecule has 0 nitrogen and oxygen atoms in total. The molecule has 0 aromatic heterocycles. The zero-order valence-corrected chi connectivity index (χ0v) is 10.7. The predicted molar refractivity (Wildman–Crippen MR) is 59.5 cm³/mol. The zero-order valence-electron chi connectivity index (χ0n) is 6.13. The first-order chi connectivity index (χ1) is 5.82. The molecule has 0 aliphatic heterocycles. The smallest absolute Gasteiger partial charge is 0.122 e. The highest BCUT2D eigenvalue weighted by atomic mass is 35.5. The van der Waals surface area contributed by atoms with E-state index in [1.54, 1.807) is 0 Å². The fourth-order valence-electron chi connectivity index (χ4n) is 1.88. The van der Waals surface area contributed by atoms with Gasteiger partial charge in [0.15, 0.2) is 4.33 Å². The van der Waals surface area contributed by atoms with E-state index in [9.17, 15) is 0 Å². The molecule has 3 atom stereocenters. The van der Waals surface area contributed by atoms with Gasteiger partial charge in [0.05, 0.1) is 5.03 Å². The van der Waals surface area contributed by atoms with Crippen LogP contribution in [0.5, 0.6) is 0 Å². The molecule has 0 spiro atoms. The van der Waals surface area contributed by atoms with Crippen molar-refractivity contribution in [3.8, 4) is 0 Å². The highest BCUT2D eigenvalue weighted by Gasteiger charge is 2.70. The first-order valence-corrected chi connectivity index (χ1v) is 5.91. The maximum absolute atomic E-state index is 6.21. The summed E-state index contributed by atoms with van der Waals surface area (Å²) in [5, 5.41) is 0.484. The third-order valence-corrected chi connectivity index (χ3v) is 6.09. The summed E-state index contributed by atoms with van der Waals surface area (Å²) < 4.78 is -1.19. The van der Waals surface area contributed by atoms with Gasteiger partial charge in [-0.15, -0.1) is 23.2 Å². The Morgan fingerprint density at radius 3 is 2.00 bits per heavy atom. The Bertz CT molecular complexity index is 295. The maximum atomic E-state index is 6.21. The van der Waals surface area contributed by atoms with E-state index in [0.717, 1.165) is 0 Å². The summed E-state index contributed by atoms with van der Waals surface area (Å²) >= 11 is 36.3. The number of hydrogen-bond acceptors (Lipinski definition) is 0. The lowest BCUT2D eigenvalue weighted by Crippen LogP contribution is -2.35. The van der Waals surface area contributed by atoms with Crippen LogP contribution in [0, 0.1) is 5.92 Å². The van der Waals surface area contributed by atoms with E-state index in [1.165, 1.54) is 0 Å². The van der Waals surface area contributed by atoms with Gasteiger partial charge < -0.3 is 0 Å². The lowest BCUT2D eigenvalue weighted by atomic mass is 10.1. The van der Waals surface area contributed by atoms with Gasteiger partial charge >= 0.3 is 0 Å². The minimum Gasteiger partial charge on any atom is -0.122 e. The number of hydrogen-bond donors (Lipinski definition) is 0. The minimum absolute atomic E-state index is 0.248. The molecule has 0 unspecified atom stereocenters. The number of allylic oxidation sites excluding steroid dienone is 2. The molecule has 2 rings (SSSR count). The summed E-state index contributed by atoms with van der Waals surface area (Å²) in [6.45, 7) is 0. The first kappa shape index (κ1) is 11.0. The third-order valence-electron chi connectivity index (χ3n) is 2.59. The quantitative estimate of drug-likeness (QED) is 0.579. The van der Waals surface area contributed by atoms with Crippen LogP contribution in [0.25, 0.3) is 0 Å². The molecule has 0 aromatic rings. The summed E-state index contributed by atoms with van der Waals surface area (Å²) in [4.78, 5) is -1.01. The molecule has 6 heteroatoms. The van der Waals surface area contributed by atoms with E-state index in [0.29, 0.717) is 16.5 Å². The Morgan fingerprint density at radius 2 is 1.69 bits per heavy atom. The number of fused-ring (bicyclic) bond motifs is 2. The van der Waals surface area contributed by atoms with Crippen molar-refractivity contribution in [2.45, 2.75) is 21.0 Å². The van der Waals surface area contributed by atoms with E-state index < -0.39 is 9.21 Å². The van der Waals surface area contributed by atoms with E-state index in [4.69, 9.17) is 69.6 Å². The molecule has 2 aliphatic carbocycles. The van der Waals surface area contributed by atoms with Crippen LogP contribution < -0.4 is 0 Å². The van der Waals surface area contributed by atoms with Crippen molar-refractivity contribution in [2.24, 2.45) is 5.92 Å². The van der Waals surface area contributed by atoms with Crippen molar-refractivity contribution < 1.29 is 0 Å². The van der Waals surface area contributed by atoms with Gasteiger partial charge in [-0.05, 0) is 6.42 Å². The van der Waals surface area contributed by atoms with Gasteiger partial charge in [-0.2, -0.15) is 0 Å². The normalized spacial score (nSPS) is 47.5. The van der Waals surface area contributed by atoms with Crippen molar-refractivity contribution in [2.75, 3.05) is 0 Å². The molecule has 0 aromatic carbocycles. The molecule has 13 heavy (non-hydrogen) atoms. The Balaban J connectivity index is 2.58. The SMILES string of the molecule is ClC1=C(Cl)[C@@]2(Cl)C[C@H](Cl)[C@H]1C2(Cl)Cl. The monoisotopic (exact) mass is 298 g/mol. The predicted octanol–water partition coefficient (Wildman–Crippen LogP) is 4.47. The number of halogens is 6. The van der Waals surface area contributed by atoms with Gasteiger partial charge in [-0.25, -0.2) is 0 Å². The van der Waals surface area contributed by atoms with Crippen molar-refractivity contribution in [3.05, 3.63) is 10.1 Å². The highest BCUT2D eigenvalue weighted by molar-refractivity contribution is 6.60. The van der Waals surface area contributed by atoms with E-state index in [2.05, 4.69) is 0 Å². The molecule has 1 saturated carbocycles. The molecule has 0 heterocycles. The van der Waals surface area contributed by atoms with Crippen LogP contribution >= 0.6 is 69.6 Å². The topological polar surface area (TPSA) is 0 Å². The first-order valence-electron chi connectivity index (χ1n) is 3.59. The Hall–Kier alpha value is 1.48. The van der Waals surface area contributed by atoms with Crippen LogP contribution in [-0.4, -0.2) is 14.6 Å².